The third-order valence-corrected chi connectivity index (χ3v) is 4.65. The van der Waals surface area contributed by atoms with E-state index in [4.69, 9.17) is 5.73 Å². The van der Waals surface area contributed by atoms with E-state index in [2.05, 4.69) is 41.2 Å². The Morgan fingerprint density at radius 2 is 1.29 bits per heavy atom. The van der Waals surface area contributed by atoms with Crippen molar-refractivity contribution in [1.29, 1.82) is 0 Å². The highest BCUT2D eigenvalue weighted by Gasteiger charge is 2.30. The molecule has 0 heterocycles. The van der Waals surface area contributed by atoms with Crippen molar-refractivity contribution < 1.29 is 24.3 Å². The van der Waals surface area contributed by atoms with Crippen molar-refractivity contribution in [2.45, 2.75) is 58.3 Å². The van der Waals surface area contributed by atoms with Crippen molar-refractivity contribution in [1.82, 2.24) is 16.0 Å². The van der Waals surface area contributed by atoms with Gasteiger partial charge in [-0.2, -0.15) is 25.3 Å². The minimum Gasteiger partial charge on any atom is -0.480 e. The van der Waals surface area contributed by atoms with Gasteiger partial charge in [-0.3, -0.25) is 14.4 Å². The van der Waals surface area contributed by atoms with E-state index < -0.39 is 47.9 Å². The van der Waals surface area contributed by atoms with Crippen LogP contribution in [0.2, 0.25) is 0 Å². The van der Waals surface area contributed by atoms with Crippen LogP contribution >= 0.6 is 25.3 Å². The second-order valence-corrected chi connectivity index (χ2v) is 8.02. The normalized spacial score (nSPS) is 15.5. The Morgan fingerprint density at radius 3 is 1.64 bits per heavy atom. The first-order valence-corrected chi connectivity index (χ1v) is 10.3. The Kier molecular flexibility index (Phi) is 12.2. The molecule has 0 aliphatic heterocycles. The lowest BCUT2D eigenvalue weighted by Gasteiger charge is -2.24. The average molecular weight is 437 g/mol. The molecule has 0 saturated carbocycles. The summed E-state index contributed by atoms with van der Waals surface area (Å²) in [5, 5.41) is 16.5. The van der Waals surface area contributed by atoms with Gasteiger partial charge in [0.2, 0.25) is 17.7 Å². The van der Waals surface area contributed by atoms with Crippen LogP contribution in [0.15, 0.2) is 0 Å². The second-order valence-electron chi connectivity index (χ2n) is 7.29. The first kappa shape index (κ1) is 26.5. The zero-order chi connectivity index (χ0) is 22.0. The summed E-state index contributed by atoms with van der Waals surface area (Å²) in [6, 6.07) is -3.92. The van der Waals surface area contributed by atoms with Crippen molar-refractivity contribution in [3.05, 3.63) is 0 Å². The van der Waals surface area contributed by atoms with Gasteiger partial charge in [0.05, 0.1) is 6.04 Å². The van der Waals surface area contributed by atoms with Crippen molar-refractivity contribution in [3.63, 3.8) is 0 Å². The van der Waals surface area contributed by atoms with Crippen LogP contribution in [0, 0.1) is 11.8 Å². The Balaban J connectivity index is 4.97. The standard InChI is InChI=1S/C17H32N4O5S2/c1-8(2)5-10(18)14(22)19-11(6-27)15(23)20-12(7-28)16(24)21-13(9(3)4)17(25)26/h8-13,27-28H,5-7,18H2,1-4H3,(H,19,22)(H,20,23)(H,21,24)(H,25,26). The molecule has 0 radical (unpaired) electrons. The molecule has 4 atom stereocenters. The lowest BCUT2D eigenvalue weighted by molar-refractivity contribution is -0.143. The quantitative estimate of drug-likeness (QED) is 0.203. The lowest BCUT2D eigenvalue weighted by Crippen LogP contribution is -2.58. The van der Waals surface area contributed by atoms with E-state index in [-0.39, 0.29) is 23.3 Å². The summed E-state index contributed by atoms with van der Waals surface area (Å²) in [6.45, 7) is 7.15. The molecule has 0 aromatic carbocycles. The maximum Gasteiger partial charge on any atom is 0.326 e. The van der Waals surface area contributed by atoms with E-state index in [0.717, 1.165) is 0 Å². The number of amides is 3. The third-order valence-electron chi connectivity index (χ3n) is 3.92. The van der Waals surface area contributed by atoms with E-state index in [1.807, 2.05) is 13.8 Å². The van der Waals surface area contributed by atoms with Gasteiger partial charge in [-0.15, -0.1) is 0 Å². The molecule has 0 aromatic rings. The summed E-state index contributed by atoms with van der Waals surface area (Å²) in [7, 11) is 0. The zero-order valence-electron chi connectivity index (χ0n) is 16.6. The van der Waals surface area contributed by atoms with E-state index in [0.29, 0.717) is 6.42 Å². The number of aliphatic carboxylic acids is 1. The van der Waals surface area contributed by atoms with Crippen LogP contribution in [0.25, 0.3) is 0 Å². The summed E-state index contributed by atoms with van der Waals surface area (Å²) >= 11 is 8.11. The number of nitrogens with one attached hydrogen (secondary N) is 3. The molecule has 4 unspecified atom stereocenters. The molecular weight excluding hydrogens is 404 g/mol. The number of carbonyl (C=O) groups is 4. The van der Waals surface area contributed by atoms with Gasteiger partial charge in [-0.1, -0.05) is 27.7 Å². The molecular formula is C17H32N4O5S2. The molecule has 0 fully saturated rings. The van der Waals surface area contributed by atoms with Crippen LogP contribution in [0.4, 0.5) is 0 Å². The average Bonchev–Trinajstić information content (AvgIpc) is 2.59. The van der Waals surface area contributed by atoms with Crippen molar-refractivity contribution in [3.8, 4) is 0 Å². The smallest absolute Gasteiger partial charge is 0.326 e. The fourth-order valence-electron chi connectivity index (χ4n) is 2.32. The molecule has 28 heavy (non-hydrogen) atoms. The minimum absolute atomic E-state index is 0.00335. The summed E-state index contributed by atoms with van der Waals surface area (Å²) in [5.74, 6) is -3.16. The molecule has 9 nitrogen and oxygen atoms in total. The molecule has 0 bridgehead atoms. The van der Waals surface area contributed by atoms with Crippen LogP contribution in [0.3, 0.4) is 0 Å². The third kappa shape index (κ3) is 9.16. The summed E-state index contributed by atoms with van der Waals surface area (Å²) in [5.41, 5.74) is 5.81. The first-order chi connectivity index (χ1) is 12.9. The number of carbonyl (C=O) groups excluding carboxylic acids is 3. The highest BCUT2D eigenvalue weighted by Crippen LogP contribution is 2.05. The van der Waals surface area contributed by atoms with Crippen LogP contribution in [0.5, 0.6) is 0 Å². The number of carboxylic acid groups (broad SMARTS) is 1. The van der Waals surface area contributed by atoms with Crippen molar-refractivity contribution in [2.24, 2.45) is 17.6 Å². The SMILES string of the molecule is CC(C)CC(N)C(=O)NC(CS)C(=O)NC(CS)C(=O)NC(C(=O)O)C(C)C. The predicted octanol–water partition coefficient (Wildman–Crippen LogP) is -0.586. The molecule has 11 heteroatoms. The van der Waals surface area contributed by atoms with Crippen LogP contribution in [-0.2, 0) is 19.2 Å². The van der Waals surface area contributed by atoms with Gasteiger partial charge < -0.3 is 26.8 Å². The van der Waals surface area contributed by atoms with Gasteiger partial charge >= 0.3 is 5.97 Å². The Bertz CT molecular complexity index is 560. The fraction of sp³-hybridized carbons (Fsp3) is 0.765. The number of nitrogens with two attached hydrogens (primary N) is 1. The predicted molar refractivity (Wildman–Crippen MR) is 113 cm³/mol. The first-order valence-electron chi connectivity index (χ1n) is 9.05. The maximum absolute atomic E-state index is 12.4. The number of rotatable bonds is 12. The maximum atomic E-state index is 12.4. The largest absolute Gasteiger partial charge is 0.480 e. The van der Waals surface area contributed by atoms with Gasteiger partial charge in [0, 0.05) is 11.5 Å². The zero-order valence-corrected chi connectivity index (χ0v) is 18.4. The van der Waals surface area contributed by atoms with Crippen molar-refractivity contribution >= 4 is 48.9 Å². The summed E-state index contributed by atoms with van der Waals surface area (Å²) < 4.78 is 0. The Hall–Kier alpha value is -1.46. The van der Waals surface area contributed by atoms with E-state index in [1.54, 1.807) is 13.8 Å². The molecule has 0 aliphatic carbocycles. The highest BCUT2D eigenvalue weighted by atomic mass is 32.1. The lowest BCUT2D eigenvalue weighted by atomic mass is 10.0. The van der Waals surface area contributed by atoms with E-state index in [1.165, 1.54) is 0 Å². The molecule has 0 rings (SSSR count). The molecule has 0 aliphatic rings. The Morgan fingerprint density at radius 1 is 0.857 bits per heavy atom. The number of hydrogen-bond acceptors (Lipinski definition) is 7. The highest BCUT2D eigenvalue weighted by molar-refractivity contribution is 7.80. The van der Waals surface area contributed by atoms with Gasteiger partial charge in [0.15, 0.2) is 0 Å². The molecule has 0 aromatic heterocycles. The molecule has 0 spiro atoms. The number of carboxylic acids is 1. The van der Waals surface area contributed by atoms with E-state index >= 15 is 0 Å². The van der Waals surface area contributed by atoms with Crippen LogP contribution in [-0.4, -0.2) is 64.5 Å². The summed E-state index contributed by atoms with van der Waals surface area (Å²) in [4.78, 5) is 48.1. The number of hydrogen-bond donors (Lipinski definition) is 7. The Labute approximate surface area is 176 Å². The second kappa shape index (κ2) is 12.9. The van der Waals surface area contributed by atoms with Crippen LogP contribution in [0.1, 0.15) is 34.1 Å². The van der Waals surface area contributed by atoms with Crippen LogP contribution < -0.4 is 21.7 Å². The monoisotopic (exact) mass is 436 g/mol. The summed E-state index contributed by atoms with van der Waals surface area (Å²) in [6.07, 6.45) is 0.459. The van der Waals surface area contributed by atoms with E-state index in [9.17, 15) is 24.3 Å². The van der Waals surface area contributed by atoms with Gasteiger partial charge in [0.1, 0.15) is 18.1 Å². The van der Waals surface area contributed by atoms with Gasteiger partial charge in [-0.25, -0.2) is 4.79 Å². The number of thiol groups is 2. The molecule has 6 N–H and O–H groups in total. The van der Waals surface area contributed by atoms with Crippen molar-refractivity contribution in [2.75, 3.05) is 11.5 Å². The minimum atomic E-state index is -1.17. The molecule has 3 amide bonds. The van der Waals surface area contributed by atoms with Gasteiger partial charge in [0.25, 0.3) is 0 Å². The van der Waals surface area contributed by atoms with Gasteiger partial charge in [-0.05, 0) is 18.3 Å². The fourth-order valence-corrected chi connectivity index (χ4v) is 2.84. The topological polar surface area (TPSA) is 151 Å². The molecule has 162 valence electrons. The molecule has 0 saturated heterocycles.